The minimum atomic E-state index is -1.26. The standard InChI is InChI=1S/C31H27NO5/c1-20-13-16-22(17-14-20)28(33)24-11-7-8-12-25(24)31(35)37-29(23-9-5-4-6-10-23)30(34)32-26-19-21(2)15-18-27(26)36-3/h4-19,29H,1-3H3,(H,32,34)/t29-/m0/s1. The Morgan fingerprint density at radius 2 is 1.35 bits per heavy atom. The molecular formula is C31H27NO5. The molecule has 0 bridgehead atoms. The Morgan fingerprint density at radius 3 is 2.03 bits per heavy atom. The average molecular weight is 494 g/mol. The predicted molar refractivity (Wildman–Crippen MR) is 142 cm³/mol. The molecular weight excluding hydrogens is 466 g/mol. The van der Waals surface area contributed by atoms with Crippen LogP contribution in [0.25, 0.3) is 0 Å². The third-order valence-electron chi connectivity index (χ3n) is 5.88. The van der Waals surface area contributed by atoms with E-state index in [4.69, 9.17) is 9.47 Å². The van der Waals surface area contributed by atoms with E-state index in [1.54, 1.807) is 72.8 Å². The second-order valence-electron chi connectivity index (χ2n) is 8.63. The fraction of sp³-hybridized carbons (Fsp3) is 0.129. The maximum atomic E-state index is 13.4. The lowest BCUT2D eigenvalue weighted by Crippen LogP contribution is -2.26. The summed E-state index contributed by atoms with van der Waals surface area (Å²) >= 11 is 0. The van der Waals surface area contributed by atoms with Gasteiger partial charge in [0.05, 0.1) is 18.4 Å². The molecule has 186 valence electrons. The number of hydrogen-bond acceptors (Lipinski definition) is 5. The summed E-state index contributed by atoms with van der Waals surface area (Å²) < 4.78 is 11.1. The Balaban J connectivity index is 1.65. The Hall–Kier alpha value is -4.71. The van der Waals surface area contributed by atoms with Crippen molar-refractivity contribution < 1.29 is 23.9 Å². The Morgan fingerprint density at radius 1 is 0.730 bits per heavy atom. The molecule has 4 rings (SSSR count). The van der Waals surface area contributed by atoms with Crippen LogP contribution in [0.1, 0.15) is 49.1 Å². The number of ether oxygens (including phenoxy) is 2. The number of nitrogens with one attached hydrogen (secondary N) is 1. The van der Waals surface area contributed by atoms with E-state index in [-0.39, 0.29) is 16.9 Å². The fourth-order valence-corrected chi connectivity index (χ4v) is 3.91. The number of rotatable bonds is 8. The number of ketones is 1. The van der Waals surface area contributed by atoms with Crippen LogP contribution in [-0.2, 0) is 9.53 Å². The summed E-state index contributed by atoms with van der Waals surface area (Å²) in [5.41, 5.74) is 3.62. The summed E-state index contributed by atoms with van der Waals surface area (Å²) in [6.45, 7) is 3.83. The van der Waals surface area contributed by atoms with Crippen molar-refractivity contribution >= 4 is 23.3 Å². The van der Waals surface area contributed by atoms with E-state index in [1.807, 2.05) is 32.0 Å². The zero-order valence-electron chi connectivity index (χ0n) is 20.9. The van der Waals surface area contributed by atoms with Crippen LogP contribution in [0, 0.1) is 13.8 Å². The third-order valence-corrected chi connectivity index (χ3v) is 5.88. The summed E-state index contributed by atoms with van der Waals surface area (Å²) in [4.78, 5) is 40.0. The highest BCUT2D eigenvalue weighted by atomic mass is 16.5. The lowest BCUT2D eigenvalue weighted by Gasteiger charge is -2.20. The number of carbonyl (C=O) groups is 3. The van der Waals surface area contributed by atoms with Crippen molar-refractivity contribution in [2.24, 2.45) is 0 Å². The first kappa shape index (κ1) is 25.4. The number of benzene rings is 4. The van der Waals surface area contributed by atoms with Gasteiger partial charge in [-0.05, 0) is 37.6 Å². The van der Waals surface area contributed by atoms with E-state index in [2.05, 4.69) is 5.32 Å². The Bertz CT molecular complexity index is 1430. The van der Waals surface area contributed by atoms with Gasteiger partial charge in [0.1, 0.15) is 5.75 Å². The first-order valence-electron chi connectivity index (χ1n) is 11.8. The molecule has 1 atom stereocenters. The van der Waals surface area contributed by atoms with Crippen molar-refractivity contribution in [1.29, 1.82) is 0 Å². The lowest BCUT2D eigenvalue weighted by atomic mass is 9.97. The SMILES string of the molecule is COc1ccc(C)cc1NC(=O)[C@@H](OC(=O)c1ccccc1C(=O)c1ccc(C)cc1)c1ccccc1. The molecule has 0 heterocycles. The van der Waals surface area contributed by atoms with Crippen molar-refractivity contribution in [3.05, 3.63) is 130 Å². The number of anilines is 1. The van der Waals surface area contributed by atoms with Gasteiger partial charge in [-0.1, -0.05) is 84.4 Å². The molecule has 0 aliphatic carbocycles. The zero-order chi connectivity index (χ0) is 26.4. The normalized spacial score (nSPS) is 11.3. The summed E-state index contributed by atoms with van der Waals surface area (Å²) in [5.74, 6) is -1.16. The molecule has 1 amide bonds. The molecule has 37 heavy (non-hydrogen) atoms. The molecule has 6 heteroatoms. The minimum absolute atomic E-state index is 0.0787. The van der Waals surface area contributed by atoms with Crippen molar-refractivity contribution in [2.75, 3.05) is 12.4 Å². The fourth-order valence-electron chi connectivity index (χ4n) is 3.91. The van der Waals surface area contributed by atoms with E-state index in [9.17, 15) is 14.4 Å². The van der Waals surface area contributed by atoms with Gasteiger partial charge in [0.2, 0.25) is 6.10 Å². The number of amides is 1. The number of carbonyl (C=O) groups excluding carboxylic acids is 3. The summed E-state index contributed by atoms with van der Waals surface area (Å²) in [5, 5.41) is 2.82. The van der Waals surface area contributed by atoms with Gasteiger partial charge in [-0.2, -0.15) is 0 Å². The van der Waals surface area contributed by atoms with E-state index >= 15 is 0 Å². The van der Waals surface area contributed by atoms with Crippen LogP contribution in [0.4, 0.5) is 5.69 Å². The van der Waals surface area contributed by atoms with Crippen LogP contribution < -0.4 is 10.1 Å². The van der Waals surface area contributed by atoms with Gasteiger partial charge < -0.3 is 14.8 Å². The van der Waals surface area contributed by atoms with Crippen LogP contribution in [0.5, 0.6) is 5.75 Å². The largest absolute Gasteiger partial charge is 0.495 e. The third kappa shape index (κ3) is 5.93. The molecule has 0 aliphatic heterocycles. The van der Waals surface area contributed by atoms with E-state index in [0.717, 1.165) is 11.1 Å². The van der Waals surface area contributed by atoms with Gasteiger partial charge in [-0.3, -0.25) is 9.59 Å². The second kappa shape index (κ2) is 11.4. The van der Waals surface area contributed by atoms with Crippen LogP contribution in [-0.4, -0.2) is 24.8 Å². The number of methoxy groups -OCH3 is 1. The Labute approximate surface area is 215 Å². The van der Waals surface area contributed by atoms with Crippen molar-refractivity contribution in [3.8, 4) is 5.75 Å². The number of esters is 1. The molecule has 0 spiro atoms. The molecule has 6 nitrogen and oxygen atoms in total. The van der Waals surface area contributed by atoms with Gasteiger partial charge in [-0.15, -0.1) is 0 Å². The topological polar surface area (TPSA) is 81.7 Å². The molecule has 0 aliphatic rings. The first-order valence-corrected chi connectivity index (χ1v) is 11.8. The molecule has 1 N–H and O–H groups in total. The van der Waals surface area contributed by atoms with Crippen LogP contribution in [0.3, 0.4) is 0 Å². The summed E-state index contributed by atoms with van der Waals surface area (Å²) in [7, 11) is 1.51. The summed E-state index contributed by atoms with van der Waals surface area (Å²) in [6, 6.07) is 27.7. The monoisotopic (exact) mass is 493 g/mol. The van der Waals surface area contributed by atoms with Crippen LogP contribution >= 0.6 is 0 Å². The second-order valence-corrected chi connectivity index (χ2v) is 8.63. The lowest BCUT2D eigenvalue weighted by molar-refractivity contribution is -0.125. The summed E-state index contributed by atoms with van der Waals surface area (Å²) in [6.07, 6.45) is -1.26. The molecule has 4 aromatic carbocycles. The first-order chi connectivity index (χ1) is 17.9. The van der Waals surface area contributed by atoms with Gasteiger partial charge >= 0.3 is 5.97 Å². The maximum Gasteiger partial charge on any atom is 0.340 e. The van der Waals surface area contributed by atoms with Crippen LogP contribution in [0.2, 0.25) is 0 Å². The van der Waals surface area contributed by atoms with Gasteiger partial charge in [0.25, 0.3) is 5.91 Å². The molecule has 0 fully saturated rings. The zero-order valence-corrected chi connectivity index (χ0v) is 20.9. The maximum absolute atomic E-state index is 13.4. The molecule has 0 aromatic heterocycles. The molecule has 0 unspecified atom stereocenters. The van der Waals surface area contributed by atoms with E-state index < -0.39 is 18.0 Å². The van der Waals surface area contributed by atoms with Gasteiger partial charge in [-0.25, -0.2) is 4.79 Å². The van der Waals surface area contributed by atoms with Crippen molar-refractivity contribution in [1.82, 2.24) is 0 Å². The predicted octanol–water partition coefficient (Wildman–Crippen LogP) is 6.08. The quantitative estimate of drug-likeness (QED) is 0.238. The van der Waals surface area contributed by atoms with E-state index in [0.29, 0.717) is 22.6 Å². The Kier molecular flexibility index (Phi) is 7.79. The van der Waals surface area contributed by atoms with Gasteiger partial charge in [0.15, 0.2) is 5.78 Å². The highest BCUT2D eigenvalue weighted by Crippen LogP contribution is 2.28. The molecule has 0 radical (unpaired) electrons. The van der Waals surface area contributed by atoms with E-state index in [1.165, 1.54) is 13.2 Å². The highest BCUT2D eigenvalue weighted by molar-refractivity contribution is 6.14. The highest BCUT2D eigenvalue weighted by Gasteiger charge is 2.28. The minimum Gasteiger partial charge on any atom is -0.495 e. The van der Waals surface area contributed by atoms with Gasteiger partial charge in [0, 0.05) is 16.7 Å². The van der Waals surface area contributed by atoms with Crippen LogP contribution in [0.15, 0.2) is 97.1 Å². The number of hydrogen-bond donors (Lipinski definition) is 1. The smallest absolute Gasteiger partial charge is 0.340 e. The molecule has 4 aromatic rings. The van der Waals surface area contributed by atoms with Crippen molar-refractivity contribution in [2.45, 2.75) is 20.0 Å². The average Bonchev–Trinajstić information content (AvgIpc) is 2.92. The molecule has 0 saturated carbocycles. The molecule has 0 saturated heterocycles. The van der Waals surface area contributed by atoms with Crippen molar-refractivity contribution in [3.63, 3.8) is 0 Å². The number of aryl methyl sites for hydroxylation is 2.